The van der Waals surface area contributed by atoms with Crippen LogP contribution < -0.4 is 0 Å². The minimum absolute atomic E-state index is 0.169. The van der Waals surface area contributed by atoms with E-state index in [-0.39, 0.29) is 11.3 Å². The third-order valence-electron chi connectivity index (χ3n) is 1.29. The number of hydrogen-bond acceptors (Lipinski definition) is 2. The fourth-order valence-electron chi connectivity index (χ4n) is 0.718. The molecule has 0 saturated carbocycles. The lowest BCUT2D eigenvalue weighted by Gasteiger charge is -1.95. The first-order chi connectivity index (χ1) is 5.13. The lowest BCUT2D eigenvalue weighted by Crippen LogP contribution is -1.93. The van der Waals surface area contributed by atoms with E-state index in [2.05, 4.69) is 6.92 Å². The first-order valence-electron chi connectivity index (χ1n) is 2.88. The van der Waals surface area contributed by atoms with E-state index < -0.39 is 10.7 Å². The van der Waals surface area contributed by atoms with Gasteiger partial charge in [0.25, 0.3) is 5.69 Å². The Balaban J connectivity index is 3.27. The number of rotatable bonds is 1. The zero-order valence-electron chi connectivity index (χ0n) is 5.58. The molecule has 0 heterocycles. The first-order valence-corrected chi connectivity index (χ1v) is 2.88. The number of nitro groups is 1. The van der Waals surface area contributed by atoms with Crippen LogP contribution in [0, 0.1) is 22.9 Å². The quantitative estimate of drug-likeness (QED) is 0.458. The summed E-state index contributed by atoms with van der Waals surface area (Å²) in [5.41, 5.74) is -0.456. The summed E-state index contributed by atoms with van der Waals surface area (Å²) in [5, 5.41) is 10.2. The topological polar surface area (TPSA) is 43.1 Å². The SMILES string of the molecule is [CH2]c1c(F)cccc1[N+](=O)[O-]. The van der Waals surface area contributed by atoms with Crippen molar-refractivity contribution in [1.29, 1.82) is 0 Å². The molecule has 0 bridgehead atoms. The minimum Gasteiger partial charge on any atom is -0.258 e. The van der Waals surface area contributed by atoms with Crippen LogP contribution in [0.2, 0.25) is 0 Å². The molecule has 0 aliphatic heterocycles. The molecule has 11 heavy (non-hydrogen) atoms. The number of nitro benzene ring substituents is 1. The van der Waals surface area contributed by atoms with E-state index in [0.29, 0.717) is 0 Å². The Kier molecular flexibility index (Phi) is 1.85. The summed E-state index contributed by atoms with van der Waals surface area (Å²) < 4.78 is 12.6. The van der Waals surface area contributed by atoms with Gasteiger partial charge >= 0.3 is 0 Å². The minimum atomic E-state index is -0.661. The molecule has 0 N–H and O–H groups in total. The number of benzene rings is 1. The number of nitrogens with zero attached hydrogens (tertiary/aromatic N) is 1. The summed E-state index contributed by atoms with van der Waals surface area (Å²) in [4.78, 5) is 9.51. The lowest BCUT2D eigenvalue weighted by atomic mass is 10.2. The van der Waals surface area contributed by atoms with Gasteiger partial charge in [-0.25, -0.2) is 4.39 Å². The van der Waals surface area contributed by atoms with Gasteiger partial charge in [-0.05, 0) is 13.0 Å². The second kappa shape index (κ2) is 2.65. The summed E-state index contributed by atoms with van der Waals surface area (Å²) in [6.45, 7) is 3.22. The molecule has 0 aromatic heterocycles. The molecule has 4 heteroatoms. The Bertz CT molecular complexity index is 298. The molecular formula is C7H5FNO2. The van der Waals surface area contributed by atoms with Crippen LogP contribution in [0.1, 0.15) is 5.56 Å². The van der Waals surface area contributed by atoms with Gasteiger partial charge in [0.2, 0.25) is 0 Å². The van der Waals surface area contributed by atoms with Gasteiger partial charge < -0.3 is 0 Å². The standard InChI is InChI=1S/C7H5FNO2/c1-5-6(8)3-2-4-7(5)9(10)11/h2-4H,1H2. The van der Waals surface area contributed by atoms with E-state index in [1.165, 1.54) is 12.1 Å². The highest BCUT2D eigenvalue weighted by Crippen LogP contribution is 2.18. The molecule has 0 unspecified atom stereocenters. The zero-order chi connectivity index (χ0) is 8.43. The lowest BCUT2D eigenvalue weighted by molar-refractivity contribution is -0.385. The summed E-state index contributed by atoms with van der Waals surface area (Å²) in [6.07, 6.45) is 0. The van der Waals surface area contributed by atoms with Gasteiger partial charge in [0.1, 0.15) is 5.82 Å². The van der Waals surface area contributed by atoms with E-state index in [1.807, 2.05) is 0 Å². The third kappa shape index (κ3) is 1.34. The second-order valence-electron chi connectivity index (χ2n) is 1.99. The number of halogens is 1. The molecule has 0 aliphatic rings. The van der Waals surface area contributed by atoms with E-state index in [1.54, 1.807) is 0 Å². The first kappa shape index (κ1) is 7.65. The highest BCUT2D eigenvalue weighted by atomic mass is 19.1. The van der Waals surface area contributed by atoms with Crippen molar-refractivity contribution in [2.45, 2.75) is 0 Å². The highest BCUT2D eigenvalue weighted by Gasteiger charge is 2.12. The smallest absolute Gasteiger partial charge is 0.258 e. The van der Waals surface area contributed by atoms with Crippen LogP contribution in [0.3, 0.4) is 0 Å². The summed E-state index contributed by atoms with van der Waals surface area (Å²) in [6, 6.07) is 3.63. The summed E-state index contributed by atoms with van der Waals surface area (Å²) >= 11 is 0. The van der Waals surface area contributed by atoms with Crippen molar-refractivity contribution in [2.75, 3.05) is 0 Å². The Hall–Kier alpha value is -1.45. The fourth-order valence-corrected chi connectivity index (χ4v) is 0.718. The fraction of sp³-hybridized carbons (Fsp3) is 0. The van der Waals surface area contributed by atoms with Gasteiger partial charge in [-0.2, -0.15) is 0 Å². The van der Waals surface area contributed by atoms with Crippen molar-refractivity contribution < 1.29 is 9.31 Å². The maximum absolute atomic E-state index is 12.6. The van der Waals surface area contributed by atoms with Gasteiger partial charge in [-0.1, -0.05) is 6.07 Å². The molecule has 3 nitrogen and oxygen atoms in total. The molecule has 0 spiro atoms. The van der Waals surface area contributed by atoms with Crippen LogP contribution in [-0.4, -0.2) is 4.92 Å². The Labute approximate surface area is 62.6 Å². The van der Waals surface area contributed by atoms with Gasteiger partial charge in [0.15, 0.2) is 0 Å². The van der Waals surface area contributed by atoms with Crippen LogP contribution in [0.15, 0.2) is 18.2 Å². The molecule has 1 aromatic rings. The Morgan fingerprint density at radius 1 is 1.55 bits per heavy atom. The maximum Gasteiger partial charge on any atom is 0.275 e. The van der Waals surface area contributed by atoms with E-state index in [9.17, 15) is 14.5 Å². The van der Waals surface area contributed by atoms with Crippen molar-refractivity contribution in [1.82, 2.24) is 0 Å². The second-order valence-corrected chi connectivity index (χ2v) is 1.99. The predicted molar refractivity (Wildman–Crippen MR) is 37.5 cm³/mol. The monoisotopic (exact) mass is 154 g/mol. The molecular weight excluding hydrogens is 149 g/mol. The molecule has 0 saturated heterocycles. The van der Waals surface area contributed by atoms with Gasteiger partial charge in [-0.15, -0.1) is 0 Å². The Morgan fingerprint density at radius 2 is 2.18 bits per heavy atom. The van der Waals surface area contributed by atoms with Crippen molar-refractivity contribution in [3.8, 4) is 0 Å². The molecule has 1 aromatic carbocycles. The normalized spacial score (nSPS) is 9.64. The van der Waals surface area contributed by atoms with Gasteiger partial charge in [0, 0.05) is 6.07 Å². The largest absolute Gasteiger partial charge is 0.275 e. The van der Waals surface area contributed by atoms with E-state index in [0.717, 1.165) is 6.07 Å². The van der Waals surface area contributed by atoms with Crippen LogP contribution in [-0.2, 0) is 0 Å². The molecule has 0 amide bonds. The van der Waals surface area contributed by atoms with Crippen molar-refractivity contribution >= 4 is 5.69 Å². The molecule has 0 fully saturated rings. The predicted octanol–water partition coefficient (Wildman–Crippen LogP) is 1.92. The summed E-state index contributed by atoms with van der Waals surface area (Å²) in [7, 11) is 0. The van der Waals surface area contributed by atoms with Crippen molar-refractivity contribution in [3.63, 3.8) is 0 Å². The Morgan fingerprint density at radius 3 is 2.64 bits per heavy atom. The average molecular weight is 154 g/mol. The van der Waals surface area contributed by atoms with E-state index in [4.69, 9.17) is 0 Å². The van der Waals surface area contributed by atoms with Crippen LogP contribution in [0.4, 0.5) is 10.1 Å². The van der Waals surface area contributed by atoms with E-state index >= 15 is 0 Å². The molecule has 1 radical (unpaired) electrons. The van der Waals surface area contributed by atoms with Gasteiger partial charge in [-0.3, -0.25) is 10.1 Å². The number of hydrogen-bond donors (Lipinski definition) is 0. The van der Waals surface area contributed by atoms with Gasteiger partial charge in [0.05, 0.1) is 10.5 Å². The molecule has 1 rings (SSSR count). The molecule has 57 valence electrons. The molecule has 0 atom stereocenters. The van der Waals surface area contributed by atoms with Crippen LogP contribution in [0.25, 0.3) is 0 Å². The van der Waals surface area contributed by atoms with Crippen LogP contribution >= 0.6 is 0 Å². The average Bonchev–Trinajstić information content (AvgIpc) is 1.94. The third-order valence-corrected chi connectivity index (χ3v) is 1.29. The van der Waals surface area contributed by atoms with Crippen molar-refractivity contribution in [3.05, 3.63) is 46.6 Å². The maximum atomic E-state index is 12.6. The van der Waals surface area contributed by atoms with Crippen LogP contribution in [0.5, 0.6) is 0 Å². The summed E-state index contributed by atoms with van der Waals surface area (Å²) in [5.74, 6) is -0.654. The highest BCUT2D eigenvalue weighted by molar-refractivity contribution is 5.42. The zero-order valence-corrected chi connectivity index (χ0v) is 5.58. The van der Waals surface area contributed by atoms with Crippen molar-refractivity contribution in [2.24, 2.45) is 0 Å². The molecule has 0 aliphatic carbocycles.